The first kappa shape index (κ1) is 13.5. The summed E-state index contributed by atoms with van der Waals surface area (Å²) in [7, 11) is 0. The number of aryl methyl sites for hydroxylation is 1. The molecule has 1 aromatic heterocycles. The van der Waals surface area contributed by atoms with E-state index in [1.54, 1.807) is 0 Å². The van der Waals surface area contributed by atoms with Crippen LogP contribution >= 0.6 is 0 Å². The third kappa shape index (κ3) is 3.00. The fourth-order valence-corrected chi connectivity index (χ4v) is 2.61. The number of nitrogens with zero attached hydrogens (tertiary/aromatic N) is 1. The topological polar surface area (TPSA) is 17.0 Å². The Kier molecular flexibility index (Phi) is 4.06. The van der Waals surface area contributed by atoms with Crippen LogP contribution in [0, 0.1) is 0 Å². The minimum absolute atomic E-state index is 0.838. The van der Waals surface area contributed by atoms with Gasteiger partial charge in [0.05, 0.1) is 6.54 Å². The van der Waals surface area contributed by atoms with Crippen LogP contribution in [-0.2, 0) is 13.1 Å². The first-order chi connectivity index (χ1) is 10.4. The fourth-order valence-electron chi connectivity index (χ4n) is 2.61. The van der Waals surface area contributed by atoms with E-state index in [1.807, 2.05) is 6.07 Å². The van der Waals surface area contributed by atoms with E-state index in [4.69, 9.17) is 0 Å². The monoisotopic (exact) mass is 276 g/mol. The number of hydrogen-bond acceptors (Lipinski definition) is 1. The lowest BCUT2D eigenvalue weighted by Crippen LogP contribution is -2.06. The van der Waals surface area contributed by atoms with Crippen LogP contribution < -0.4 is 5.32 Å². The molecule has 106 valence electrons. The van der Waals surface area contributed by atoms with Gasteiger partial charge in [-0.1, -0.05) is 48.5 Å². The quantitative estimate of drug-likeness (QED) is 0.709. The molecule has 0 aliphatic carbocycles. The molecule has 0 fully saturated rings. The highest BCUT2D eigenvalue weighted by Crippen LogP contribution is 2.27. The lowest BCUT2D eigenvalue weighted by molar-refractivity contribution is 0.724. The highest BCUT2D eigenvalue weighted by molar-refractivity contribution is 5.77. The average Bonchev–Trinajstić information content (AvgIpc) is 3.01. The van der Waals surface area contributed by atoms with Gasteiger partial charge in [0.2, 0.25) is 0 Å². The molecular formula is C19H20N2. The van der Waals surface area contributed by atoms with E-state index in [-0.39, 0.29) is 0 Å². The van der Waals surface area contributed by atoms with E-state index in [9.17, 15) is 0 Å². The van der Waals surface area contributed by atoms with Crippen molar-refractivity contribution in [2.24, 2.45) is 0 Å². The van der Waals surface area contributed by atoms with Crippen LogP contribution in [0.4, 0.5) is 5.69 Å². The average molecular weight is 276 g/mol. The molecule has 0 amide bonds. The van der Waals surface area contributed by atoms with Crippen molar-refractivity contribution >= 4 is 5.69 Å². The van der Waals surface area contributed by atoms with E-state index in [0.717, 1.165) is 13.1 Å². The molecule has 0 unspecified atom stereocenters. The standard InChI is InChI=1S/C19H20N2/c1-2-21-14-8-11-17(21)15-20-19-13-7-6-12-18(19)16-9-4-3-5-10-16/h3-14,20H,2,15H2,1H3. The van der Waals surface area contributed by atoms with Crippen LogP contribution in [0.15, 0.2) is 72.9 Å². The molecule has 0 bridgehead atoms. The lowest BCUT2D eigenvalue weighted by atomic mass is 10.0. The highest BCUT2D eigenvalue weighted by Gasteiger charge is 2.05. The van der Waals surface area contributed by atoms with Gasteiger partial charge in [-0.25, -0.2) is 0 Å². The summed E-state index contributed by atoms with van der Waals surface area (Å²) in [5.41, 5.74) is 4.96. The molecule has 0 atom stereocenters. The molecule has 3 aromatic rings. The van der Waals surface area contributed by atoms with Gasteiger partial charge < -0.3 is 9.88 Å². The van der Waals surface area contributed by atoms with Gasteiger partial charge in [0.15, 0.2) is 0 Å². The zero-order valence-electron chi connectivity index (χ0n) is 12.3. The molecule has 0 radical (unpaired) electrons. The number of anilines is 1. The third-order valence-corrected chi connectivity index (χ3v) is 3.74. The van der Waals surface area contributed by atoms with Gasteiger partial charge in [-0.3, -0.25) is 0 Å². The number of rotatable bonds is 5. The molecule has 0 saturated carbocycles. The zero-order chi connectivity index (χ0) is 14.5. The van der Waals surface area contributed by atoms with Crippen LogP contribution in [0.2, 0.25) is 0 Å². The summed E-state index contributed by atoms with van der Waals surface area (Å²) in [5.74, 6) is 0. The van der Waals surface area contributed by atoms with Crippen LogP contribution in [-0.4, -0.2) is 4.57 Å². The normalized spacial score (nSPS) is 10.5. The molecule has 0 aliphatic heterocycles. The highest BCUT2D eigenvalue weighted by atomic mass is 15.0. The summed E-state index contributed by atoms with van der Waals surface area (Å²) in [6.07, 6.45) is 2.13. The van der Waals surface area contributed by atoms with E-state index in [2.05, 4.69) is 83.7 Å². The molecular weight excluding hydrogens is 256 g/mol. The molecule has 2 heteroatoms. The smallest absolute Gasteiger partial charge is 0.0553 e. The molecule has 0 saturated heterocycles. The van der Waals surface area contributed by atoms with Gasteiger partial charge in [0.25, 0.3) is 0 Å². The van der Waals surface area contributed by atoms with E-state index in [0.29, 0.717) is 0 Å². The summed E-state index contributed by atoms with van der Waals surface area (Å²) < 4.78 is 2.26. The molecule has 2 aromatic carbocycles. The zero-order valence-corrected chi connectivity index (χ0v) is 12.3. The first-order valence-corrected chi connectivity index (χ1v) is 7.41. The molecule has 2 nitrogen and oxygen atoms in total. The van der Waals surface area contributed by atoms with Crippen molar-refractivity contribution in [2.45, 2.75) is 20.0 Å². The summed E-state index contributed by atoms with van der Waals surface area (Å²) in [6.45, 7) is 4.01. The van der Waals surface area contributed by atoms with E-state index >= 15 is 0 Å². The van der Waals surface area contributed by atoms with E-state index < -0.39 is 0 Å². The molecule has 0 spiro atoms. The van der Waals surface area contributed by atoms with Crippen molar-refractivity contribution in [2.75, 3.05) is 5.32 Å². The Labute approximate surface area is 126 Å². The Morgan fingerprint density at radius 1 is 0.857 bits per heavy atom. The van der Waals surface area contributed by atoms with Crippen molar-refractivity contribution in [1.29, 1.82) is 0 Å². The molecule has 1 heterocycles. The predicted octanol–water partition coefficient (Wildman–Crippen LogP) is 4.79. The van der Waals surface area contributed by atoms with Crippen LogP contribution in [0.25, 0.3) is 11.1 Å². The van der Waals surface area contributed by atoms with Gasteiger partial charge in [-0.2, -0.15) is 0 Å². The van der Waals surface area contributed by atoms with Crippen molar-refractivity contribution < 1.29 is 0 Å². The van der Waals surface area contributed by atoms with Gasteiger partial charge in [-0.05, 0) is 30.7 Å². The molecule has 0 aliphatic rings. The minimum atomic E-state index is 0.838. The Hall–Kier alpha value is -2.48. The van der Waals surface area contributed by atoms with Gasteiger partial charge in [0.1, 0.15) is 0 Å². The fraction of sp³-hybridized carbons (Fsp3) is 0.158. The SMILES string of the molecule is CCn1cccc1CNc1ccccc1-c1ccccc1. The summed E-state index contributed by atoms with van der Waals surface area (Å²) >= 11 is 0. The number of para-hydroxylation sites is 1. The Morgan fingerprint density at radius 2 is 1.62 bits per heavy atom. The number of nitrogens with one attached hydrogen (secondary N) is 1. The maximum Gasteiger partial charge on any atom is 0.0553 e. The second kappa shape index (κ2) is 6.31. The maximum atomic E-state index is 3.57. The molecule has 3 rings (SSSR count). The predicted molar refractivity (Wildman–Crippen MR) is 89.3 cm³/mol. The number of hydrogen-bond donors (Lipinski definition) is 1. The van der Waals surface area contributed by atoms with Crippen molar-refractivity contribution in [1.82, 2.24) is 4.57 Å². The van der Waals surface area contributed by atoms with Gasteiger partial charge >= 0.3 is 0 Å². The Bertz CT molecular complexity index is 698. The summed E-state index contributed by atoms with van der Waals surface area (Å²) in [4.78, 5) is 0. The first-order valence-electron chi connectivity index (χ1n) is 7.41. The Balaban J connectivity index is 1.83. The minimum Gasteiger partial charge on any atom is -0.379 e. The summed E-state index contributed by atoms with van der Waals surface area (Å²) in [6, 6.07) is 23.2. The third-order valence-electron chi connectivity index (χ3n) is 3.74. The van der Waals surface area contributed by atoms with Gasteiger partial charge in [0, 0.05) is 29.7 Å². The second-order valence-electron chi connectivity index (χ2n) is 5.05. The maximum absolute atomic E-state index is 3.57. The number of aromatic nitrogens is 1. The van der Waals surface area contributed by atoms with E-state index in [1.165, 1.54) is 22.5 Å². The van der Waals surface area contributed by atoms with Crippen molar-refractivity contribution in [3.05, 3.63) is 78.6 Å². The Morgan fingerprint density at radius 3 is 2.43 bits per heavy atom. The van der Waals surface area contributed by atoms with Gasteiger partial charge in [-0.15, -0.1) is 0 Å². The van der Waals surface area contributed by atoms with Crippen molar-refractivity contribution in [3.8, 4) is 11.1 Å². The number of benzene rings is 2. The molecule has 21 heavy (non-hydrogen) atoms. The van der Waals surface area contributed by atoms with Crippen LogP contribution in [0.3, 0.4) is 0 Å². The molecule has 1 N–H and O–H groups in total. The largest absolute Gasteiger partial charge is 0.379 e. The van der Waals surface area contributed by atoms with Crippen LogP contribution in [0.5, 0.6) is 0 Å². The summed E-state index contributed by atoms with van der Waals surface area (Å²) in [5, 5.41) is 3.57. The lowest BCUT2D eigenvalue weighted by Gasteiger charge is -2.13. The van der Waals surface area contributed by atoms with Crippen molar-refractivity contribution in [3.63, 3.8) is 0 Å². The van der Waals surface area contributed by atoms with Crippen LogP contribution in [0.1, 0.15) is 12.6 Å². The second-order valence-corrected chi connectivity index (χ2v) is 5.05.